The number of benzene rings is 1. The Kier molecular flexibility index (Phi) is 2.99. The molecule has 2 fully saturated rings. The van der Waals surface area contributed by atoms with Crippen LogP contribution in [0.5, 0.6) is 0 Å². The number of halogens is 2. The van der Waals surface area contributed by atoms with Gasteiger partial charge in [-0.15, -0.1) is 11.6 Å². The van der Waals surface area contributed by atoms with E-state index < -0.39 is 0 Å². The predicted molar refractivity (Wildman–Crippen MR) is 69.0 cm³/mol. The number of hydrogen-bond acceptors (Lipinski definition) is 1. The van der Waals surface area contributed by atoms with Gasteiger partial charge >= 0.3 is 0 Å². The second-order valence-electron chi connectivity index (χ2n) is 5.26. The van der Waals surface area contributed by atoms with E-state index in [4.69, 9.17) is 11.6 Å². The van der Waals surface area contributed by atoms with E-state index in [-0.39, 0.29) is 5.82 Å². The van der Waals surface area contributed by atoms with Crippen molar-refractivity contribution in [2.24, 2.45) is 11.8 Å². The number of alkyl halides is 1. The number of nitrogens with zero attached hydrogens (tertiary/aromatic N) is 1. The van der Waals surface area contributed by atoms with Crippen molar-refractivity contribution in [3.8, 4) is 0 Å². The third kappa shape index (κ3) is 2.03. The summed E-state index contributed by atoms with van der Waals surface area (Å²) in [5, 5.41) is 0. The van der Waals surface area contributed by atoms with Crippen molar-refractivity contribution >= 4 is 17.3 Å². The van der Waals surface area contributed by atoms with Crippen molar-refractivity contribution in [1.29, 1.82) is 0 Å². The molecule has 2 unspecified atom stereocenters. The lowest BCUT2D eigenvalue weighted by atomic mass is 10.0. The quantitative estimate of drug-likeness (QED) is 0.725. The molecule has 3 heteroatoms. The van der Waals surface area contributed by atoms with Gasteiger partial charge in [0.2, 0.25) is 0 Å². The van der Waals surface area contributed by atoms with Crippen molar-refractivity contribution in [2.75, 3.05) is 18.0 Å². The fourth-order valence-electron chi connectivity index (χ4n) is 3.40. The monoisotopic (exact) mass is 253 g/mol. The lowest BCUT2D eigenvalue weighted by Gasteiger charge is -2.22. The van der Waals surface area contributed by atoms with Crippen LogP contribution in [-0.4, -0.2) is 13.1 Å². The average molecular weight is 254 g/mol. The minimum atomic E-state index is -0.191. The van der Waals surface area contributed by atoms with Crippen molar-refractivity contribution in [2.45, 2.75) is 25.1 Å². The van der Waals surface area contributed by atoms with Crippen LogP contribution in [0.4, 0.5) is 10.1 Å². The van der Waals surface area contributed by atoms with Gasteiger partial charge in [0, 0.05) is 24.7 Å². The number of rotatable bonds is 2. The standard InChI is InChI=1S/C14H17ClFN/c15-7-12-6-13(16)4-5-14(12)17-8-10-2-1-3-11(10)9-17/h4-6,10-11H,1-3,7-9H2. The molecule has 1 heterocycles. The van der Waals surface area contributed by atoms with Gasteiger partial charge in [0.15, 0.2) is 0 Å². The van der Waals surface area contributed by atoms with Crippen LogP contribution in [0.3, 0.4) is 0 Å². The molecule has 1 nitrogen and oxygen atoms in total. The van der Waals surface area contributed by atoms with Crippen molar-refractivity contribution in [3.05, 3.63) is 29.6 Å². The Balaban J connectivity index is 1.85. The van der Waals surface area contributed by atoms with Gasteiger partial charge in [0.25, 0.3) is 0 Å². The largest absolute Gasteiger partial charge is 0.371 e. The Morgan fingerprint density at radius 3 is 2.59 bits per heavy atom. The Morgan fingerprint density at radius 1 is 1.24 bits per heavy atom. The third-order valence-electron chi connectivity index (χ3n) is 4.25. The van der Waals surface area contributed by atoms with Crippen molar-refractivity contribution in [1.82, 2.24) is 0 Å². The molecule has 17 heavy (non-hydrogen) atoms. The molecule has 1 saturated carbocycles. The van der Waals surface area contributed by atoms with E-state index >= 15 is 0 Å². The van der Waals surface area contributed by atoms with E-state index in [1.807, 2.05) is 6.07 Å². The third-order valence-corrected chi connectivity index (χ3v) is 4.54. The molecule has 1 aliphatic heterocycles. The number of fused-ring (bicyclic) bond motifs is 1. The highest BCUT2D eigenvalue weighted by molar-refractivity contribution is 6.17. The molecule has 0 spiro atoms. The number of anilines is 1. The van der Waals surface area contributed by atoms with Crippen molar-refractivity contribution < 1.29 is 4.39 Å². The van der Waals surface area contributed by atoms with Crippen molar-refractivity contribution in [3.63, 3.8) is 0 Å². The first-order valence-electron chi connectivity index (χ1n) is 6.37. The molecule has 1 aromatic rings. The molecular weight excluding hydrogens is 237 g/mol. The summed E-state index contributed by atoms with van der Waals surface area (Å²) in [6.07, 6.45) is 4.10. The first-order valence-corrected chi connectivity index (χ1v) is 6.90. The molecule has 0 radical (unpaired) electrons. The Hall–Kier alpha value is -0.760. The molecule has 1 saturated heterocycles. The second kappa shape index (κ2) is 4.49. The van der Waals surface area contributed by atoms with E-state index in [0.29, 0.717) is 5.88 Å². The summed E-state index contributed by atoms with van der Waals surface area (Å²) in [4.78, 5) is 2.39. The molecule has 0 N–H and O–H groups in total. The average Bonchev–Trinajstić information content (AvgIpc) is 2.89. The molecule has 2 aliphatic rings. The minimum Gasteiger partial charge on any atom is -0.371 e. The van der Waals surface area contributed by atoms with Gasteiger partial charge in [-0.05, 0) is 48.4 Å². The summed E-state index contributed by atoms with van der Waals surface area (Å²) in [6, 6.07) is 4.99. The van der Waals surface area contributed by atoms with Gasteiger partial charge in [-0.3, -0.25) is 0 Å². The zero-order chi connectivity index (χ0) is 11.8. The van der Waals surface area contributed by atoms with Gasteiger partial charge in [0.05, 0.1) is 0 Å². The SMILES string of the molecule is Fc1ccc(N2CC3CCCC3C2)c(CCl)c1. The molecule has 1 aromatic carbocycles. The van der Waals surface area contributed by atoms with Gasteiger partial charge < -0.3 is 4.90 Å². The lowest BCUT2D eigenvalue weighted by Crippen LogP contribution is -2.21. The molecule has 0 aromatic heterocycles. The highest BCUT2D eigenvalue weighted by Gasteiger charge is 2.36. The zero-order valence-corrected chi connectivity index (χ0v) is 10.6. The highest BCUT2D eigenvalue weighted by atomic mass is 35.5. The molecular formula is C14H17ClFN. The maximum atomic E-state index is 13.2. The minimum absolute atomic E-state index is 0.191. The topological polar surface area (TPSA) is 3.24 Å². The van der Waals surface area contributed by atoms with E-state index in [1.165, 1.54) is 19.3 Å². The lowest BCUT2D eigenvalue weighted by molar-refractivity contribution is 0.494. The van der Waals surface area contributed by atoms with E-state index in [9.17, 15) is 4.39 Å². The first kappa shape index (κ1) is 11.3. The van der Waals surface area contributed by atoms with Gasteiger partial charge in [0.1, 0.15) is 5.82 Å². The summed E-state index contributed by atoms with van der Waals surface area (Å²) < 4.78 is 13.2. The summed E-state index contributed by atoms with van der Waals surface area (Å²) in [5.41, 5.74) is 2.06. The van der Waals surface area contributed by atoms with Crippen LogP contribution < -0.4 is 4.90 Å². The van der Waals surface area contributed by atoms with E-state index in [1.54, 1.807) is 12.1 Å². The van der Waals surface area contributed by atoms with E-state index in [2.05, 4.69) is 4.90 Å². The first-order chi connectivity index (χ1) is 8.28. The smallest absolute Gasteiger partial charge is 0.123 e. The number of hydrogen-bond donors (Lipinski definition) is 0. The maximum Gasteiger partial charge on any atom is 0.123 e. The fraction of sp³-hybridized carbons (Fsp3) is 0.571. The second-order valence-corrected chi connectivity index (χ2v) is 5.53. The van der Waals surface area contributed by atoms with Crippen LogP contribution in [0, 0.1) is 17.7 Å². The summed E-state index contributed by atoms with van der Waals surface area (Å²) >= 11 is 5.91. The van der Waals surface area contributed by atoms with Gasteiger partial charge in [-0.1, -0.05) is 6.42 Å². The molecule has 0 bridgehead atoms. The molecule has 1 aliphatic carbocycles. The zero-order valence-electron chi connectivity index (χ0n) is 9.83. The fourth-order valence-corrected chi connectivity index (χ4v) is 3.62. The molecule has 0 amide bonds. The molecule has 92 valence electrons. The predicted octanol–water partition coefficient (Wildman–Crippen LogP) is 3.80. The van der Waals surface area contributed by atoms with E-state index in [0.717, 1.165) is 36.2 Å². The normalized spacial score (nSPS) is 27.5. The van der Waals surface area contributed by atoms with Crippen LogP contribution in [0.2, 0.25) is 0 Å². The highest BCUT2D eigenvalue weighted by Crippen LogP contribution is 2.40. The summed E-state index contributed by atoms with van der Waals surface area (Å²) in [5.74, 6) is 1.90. The van der Waals surface area contributed by atoms with Crippen LogP contribution in [0.1, 0.15) is 24.8 Å². The van der Waals surface area contributed by atoms with Crippen LogP contribution >= 0.6 is 11.6 Å². The maximum absolute atomic E-state index is 13.2. The molecule has 2 atom stereocenters. The Morgan fingerprint density at radius 2 is 1.94 bits per heavy atom. The van der Waals surface area contributed by atoms with Crippen LogP contribution in [-0.2, 0) is 5.88 Å². The van der Waals surface area contributed by atoms with Gasteiger partial charge in [-0.25, -0.2) is 4.39 Å². The van der Waals surface area contributed by atoms with Gasteiger partial charge in [-0.2, -0.15) is 0 Å². The summed E-state index contributed by atoms with van der Waals surface area (Å²) in [6.45, 7) is 2.25. The molecule has 3 rings (SSSR count). The summed E-state index contributed by atoms with van der Waals surface area (Å²) in [7, 11) is 0. The Labute approximate surface area is 107 Å². The Bertz CT molecular complexity index is 409. The van der Waals surface area contributed by atoms with Crippen LogP contribution in [0.15, 0.2) is 18.2 Å². The van der Waals surface area contributed by atoms with Crippen LogP contribution in [0.25, 0.3) is 0 Å².